The Morgan fingerprint density at radius 2 is 1.80 bits per heavy atom. The van der Waals surface area contributed by atoms with Crippen LogP contribution >= 0.6 is 0 Å². The van der Waals surface area contributed by atoms with Crippen molar-refractivity contribution in [2.45, 2.75) is 19.4 Å². The van der Waals surface area contributed by atoms with Gasteiger partial charge in [0.2, 0.25) is 0 Å². The topological polar surface area (TPSA) is 38.0 Å². The molecule has 84 valence electrons. The van der Waals surface area contributed by atoms with Crippen LogP contribution in [0.5, 0.6) is 0 Å². The number of alkyl halides is 2. The number of aryl methyl sites for hydroxylation is 1. The van der Waals surface area contributed by atoms with E-state index in [1.165, 1.54) is 13.0 Å². The Morgan fingerprint density at radius 3 is 2.27 bits per heavy atom. The van der Waals surface area contributed by atoms with E-state index in [4.69, 9.17) is 5.84 Å². The summed E-state index contributed by atoms with van der Waals surface area (Å²) in [6.45, 7) is 1.34. The molecule has 3 N–H and O–H groups in total. The van der Waals surface area contributed by atoms with Crippen LogP contribution < -0.4 is 11.3 Å². The third-order valence-corrected chi connectivity index (χ3v) is 2.07. The molecule has 0 heterocycles. The number of benzene rings is 1. The quantitative estimate of drug-likeness (QED) is 0.466. The van der Waals surface area contributed by atoms with E-state index in [0.29, 0.717) is 0 Å². The van der Waals surface area contributed by atoms with E-state index in [0.717, 1.165) is 6.07 Å². The van der Waals surface area contributed by atoms with Crippen LogP contribution in [0.2, 0.25) is 0 Å². The zero-order valence-corrected chi connectivity index (χ0v) is 7.90. The third kappa shape index (κ3) is 2.27. The lowest BCUT2D eigenvalue weighted by Gasteiger charge is -2.16. The first kappa shape index (κ1) is 11.9. The first-order chi connectivity index (χ1) is 6.99. The average molecular weight is 222 g/mol. The molecule has 0 amide bonds. The predicted molar refractivity (Wildman–Crippen MR) is 47.2 cm³/mol. The fourth-order valence-electron chi connectivity index (χ4n) is 1.20. The van der Waals surface area contributed by atoms with Crippen molar-refractivity contribution >= 4 is 0 Å². The van der Waals surface area contributed by atoms with Gasteiger partial charge in [-0.2, -0.15) is 0 Å². The van der Waals surface area contributed by atoms with Gasteiger partial charge in [0.15, 0.2) is 11.6 Å². The summed E-state index contributed by atoms with van der Waals surface area (Å²) in [6.07, 6.45) is -2.91. The highest BCUT2D eigenvalue weighted by Crippen LogP contribution is 2.25. The molecule has 1 rings (SSSR count). The SMILES string of the molecule is Cc1ccc(C(NN)C(F)F)c(F)c1F. The van der Waals surface area contributed by atoms with Crippen molar-refractivity contribution in [1.29, 1.82) is 0 Å². The van der Waals surface area contributed by atoms with E-state index in [-0.39, 0.29) is 5.56 Å². The molecule has 0 fully saturated rings. The largest absolute Gasteiger partial charge is 0.271 e. The van der Waals surface area contributed by atoms with E-state index in [1.54, 1.807) is 5.43 Å². The van der Waals surface area contributed by atoms with Gasteiger partial charge in [-0.3, -0.25) is 5.84 Å². The van der Waals surface area contributed by atoms with Gasteiger partial charge >= 0.3 is 0 Å². The summed E-state index contributed by atoms with van der Waals surface area (Å²) in [4.78, 5) is 0. The van der Waals surface area contributed by atoms with Gasteiger partial charge in [-0.25, -0.2) is 23.0 Å². The molecule has 1 unspecified atom stereocenters. The van der Waals surface area contributed by atoms with Crippen LogP contribution in [0.1, 0.15) is 17.2 Å². The van der Waals surface area contributed by atoms with Gasteiger partial charge in [0.1, 0.15) is 6.04 Å². The second-order valence-electron chi connectivity index (χ2n) is 3.08. The molecule has 0 aliphatic carbocycles. The van der Waals surface area contributed by atoms with Gasteiger partial charge in [0.05, 0.1) is 0 Å². The number of nitrogens with one attached hydrogen (secondary N) is 1. The number of hydrogen-bond acceptors (Lipinski definition) is 2. The second-order valence-corrected chi connectivity index (χ2v) is 3.08. The lowest BCUT2D eigenvalue weighted by Crippen LogP contribution is -2.33. The average Bonchev–Trinajstić information content (AvgIpc) is 2.18. The van der Waals surface area contributed by atoms with Gasteiger partial charge in [-0.1, -0.05) is 12.1 Å². The van der Waals surface area contributed by atoms with E-state index in [9.17, 15) is 17.6 Å². The first-order valence-corrected chi connectivity index (χ1v) is 4.17. The van der Waals surface area contributed by atoms with Gasteiger partial charge < -0.3 is 0 Å². The number of rotatable bonds is 3. The Morgan fingerprint density at radius 1 is 1.20 bits per heavy atom. The molecule has 0 spiro atoms. The van der Waals surface area contributed by atoms with Crippen LogP contribution in [0.3, 0.4) is 0 Å². The maximum atomic E-state index is 13.3. The van der Waals surface area contributed by atoms with Crippen molar-refractivity contribution in [2.75, 3.05) is 0 Å². The highest BCUT2D eigenvalue weighted by Gasteiger charge is 2.25. The number of hydrazine groups is 1. The van der Waals surface area contributed by atoms with Crippen LogP contribution in [0.15, 0.2) is 12.1 Å². The molecule has 2 nitrogen and oxygen atoms in total. The normalized spacial score (nSPS) is 13.3. The zero-order chi connectivity index (χ0) is 11.6. The zero-order valence-electron chi connectivity index (χ0n) is 7.90. The molecular formula is C9H10F4N2. The minimum atomic E-state index is -2.91. The summed E-state index contributed by atoms with van der Waals surface area (Å²) in [5.41, 5.74) is 1.33. The number of nitrogens with two attached hydrogens (primary N) is 1. The van der Waals surface area contributed by atoms with Crippen molar-refractivity contribution in [3.8, 4) is 0 Å². The first-order valence-electron chi connectivity index (χ1n) is 4.17. The van der Waals surface area contributed by atoms with Crippen molar-refractivity contribution in [3.63, 3.8) is 0 Å². The van der Waals surface area contributed by atoms with Gasteiger partial charge in [-0.15, -0.1) is 0 Å². The van der Waals surface area contributed by atoms with E-state index in [1.807, 2.05) is 0 Å². The molecule has 0 bridgehead atoms. The van der Waals surface area contributed by atoms with Crippen molar-refractivity contribution in [1.82, 2.24) is 5.43 Å². The summed E-state index contributed by atoms with van der Waals surface area (Å²) in [5, 5.41) is 0. The summed E-state index contributed by atoms with van der Waals surface area (Å²) >= 11 is 0. The predicted octanol–water partition coefficient (Wildman–Crippen LogP) is 2.04. The molecule has 0 aliphatic heterocycles. The molecule has 1 atom stereocenters. The molecule has 1 aromatic carbocycles. The molecule has 0 aliphatic rings. The fraction of sp³-hybridized carbons (Fsp3) is 0.333. The Kier molecular flexibility index (Phi) is 3.65. The fourth-order valence-corrected chi connectivity index (χ4v) is 1.20. The number of hydrogen-bond donors (Lipinski definition) is 2. The summed E-state index contributed by atoms with van der Waals surface area (Å²) in [5.74, 6) is 2.42. The van der Waals surface area contributed by atoms with Crippen LogP contribution in [-0.4, -0.2) is 6.43 Å². The lowest BCUT2D eigenvalue weighted by atomic mass is 10.0. The Bertz CT molecular complexity index is 354. The van der Waals surface area contributed by atoms with E-state index >= 15 is 0 Å². The Hall–Kier alpha value is -1.14. The molecular weight excluding hydrogens is 212 g/mol. The van der Waals surface area contributed by atoms with Crippen LogP contribution in [0.25, 0.3) is 0 Å². The highest BCUT2D eigenvalue weighted by molar-refractivity contribution is 5.28. The molecule has 15 heavy (non-hydrogen) atoms. The standard InChI is InChI=1S/C9H10F4N2/c1-4-2-3-5(7(11)6(4)10)8(15-14)9(12)13/h2-3,8-9,15H,14H2,1H3. The lowest BCUT2D eigenvalue weighted by molar-refractivity contribution is 0.0965. The van der Waals surface area contributed by atoms with E-state index < -0.39 is 29.7 Å². The second kappa shape index (κ2) is 4.59. The molecule has 0 saturated heterocycles. The monoisotopic (exact) mass is 222 g/mol. The summed E-state index contributed by atoms with van der Waals surface area (Å²) in [6, 6.07) is 0.602. The Balaban J connectivity index is 3.19. The summed E-state index contributed by atoms with van der Waals surface area (Å²) in [7, 11) is 0. The van der Waals surface area contributed by atoms with Crippen molar-refractivity contribution in [2.24, 2.45) is 5.84 Å². The van der Waals surface area contributed by atoms with Crippen molar-refractivity contribution < 1.29 is 17.6 Å². The number of halogens is 4. The van der Waals surface area contributed by atoms with Gasteiger partial charge in [-0.05, 0) is 12.5 Å². The van der Waals surface area contributed by atoms with Crippen LogP contribution in [-0.2, 0) is 0 Å². The van der Waals surface area contributed by atoms with Gasteiger partial charge in [0, 0.05) is 5.56 Å². The highest BCUT2D eigenvalue weighted by atomic mass is 19.3. The third-order valence-electron chi connectivity index (χ3n) is 2.07. The van der Waals surface area contributed by atoms with Gasteiger partial charge in [0.25, 0.3) is 6.43 Å². The van der Waals surface area contributed by atoms with E-state index in [2.05, 4.69) is 0 Å². The molecule has 6 heteroatoms. The maximum Gasteiger partial charge on any atom is 0.259 e. The minimum Gasteiger partial charge on any atom is -0.271 e. The molecule has 0 aromatic heterocycles. The molecule has 0 radical (unpaired) electrons. The Labute approximate surface area is 84.0 Å². The van der Waals surface area contributed by atoms with Crippen molar-refractivity contribution in [3.05, 3.63) is 34.9 Å². The summed E-state index contributed by atoms with van der Waals surface area (Å²) < 4.78 is 51.1. The minimum absolute atomic E-state index is 0.0567. The smallest absolute Gasteiger partial charge is 0.259 e. The molecule has 1 aromatic rings. The van der Waals surface area contributed by atoms with Crippen LogP contribution in [0, 0.1) is 18.6 Å². The maximum absolute atomic E-state index is 13.3. The van der Waals surface area contributed by atoms with Crippen LogP contribution in [0.4, 0.5) is 17.6 Å². The molecule has 0 saturated carbocycles.